The van der Waals surface area contributed by atoms with Crippen LogP contribution >= 0.6 is 22.9 Å². The molecule has 0 saturated heterocycles. The van der Waals surface area contributed by atoms with Crippen LogP contribution in [0.15, 0.2) is 60.5 Å². The molecule has 0 aliphatic rings. The van der Waals surface area contributed by atoms with Crippen LogP contribution in [-0.2, 0) is 16.9 Å². The van der Waals surface area contributed by atoms with Gasteiger partial charge in [-0.1, -0.05) is 25.1 Å². The molecule has 0 fully saturated rings. The van der Waals surface area contributed by atoms with Crippen molar-refractivity contribution in [1.82, 2.24) is 19.7 Å². The third kappa shape index (κ3) is 4.85. The highest BCUT2D eigenvalue weighted by molar-refractivity contribution is 7.10. The van der Waals surface area contributed by atoms with E-state index in [4.69, 9.17) is 26.6 Å². The quantitative estimate of drug-likeness (QED) is 0.284. The number of thiazole rings is 1. The Hall–Kier alpha value is -3.19. The highest BCUT2D eigenvalue weighted by atomic mass is 35.5. The fourth-order valence-corrected chi connectivity index (χ4v) is 4.89. The summed E-state index contributed by atoms with van der Waals surface area (Å²) in [6, 6.07) is 12.6. The Morgan fingerprint density at radius 1 is 1.24 bits per heavy atom. The zero-order valence-corrected chi connectivity index (χ0v) is 19.7. The van der Waals surface area contributed by atoms with E-state index in [-0.39, 0.29) is 24.6 Å². The van der Waals surface area contributed by atoms with Gasteiger partial charge in [0, 0.05) is 34.4 Å². The number of rotatable bonds is 9. The summed E-state index contributed by atoms with van der Waals surface area (Å²) < 4.78 is 36.8. The fourth-order valence-electron chi connectivity index (χ4n) is 3.85. The topological polar surface area (TPSA) is 76.6 Å². The number of nitrogens with zero attached hydrogens (tertiary/aromatic N) is 5. The van der Waals surface area contributed by atoms with Gasteiger partial charge < -0.3 is 4.74 Å². The van der Waals surface area contributed by atoms with E-state index in [1.807, 2.05) is 24.4 Å². The molecule has 0 spiro atoms. The van der Waals surface area contributed by atoms with Crippen molar-refractivity contribution >= 4 is 22.9 Å². The molecule has 2 heterocycles. The zero-order valence-electron chi connectivity index (χ0n) is 18.2. The number of aromatic nitrogens is 4. The molecule has 4 rings (SSSR count). The summed E-state index contributed by atoms with van der Waals surface area (Å²) >= 11 is 7.36. The SMILES string of the molecule is C[C@@H](c1nc(-c2ccc(C#N)cc2)cs1)[C@@](Cn1cncn1)(OCCCl)c1ccc(F)cc1F. The van der Waals surface area contributed by atoms with Crippen LogP contribution in [0.3, 0.4) is 0 Å². The molecule has 4 aromatic rings. The second-order valence-electron chi connectivity index (χ2n) is 7.63. The van der Waals surface area contributed by atoms with Crippen LogP contribution in [-0.4, -0.2) is 32.2 Å². The Morgan fingerprint density at radius 2 is 2.03 bits per heavy atom. The molecule has 0 amide bonds. The maximum Gasteiger partial charge on any atom is 0.137 e. The van der Waals surface area contributed by atoms with Crippen molar-refractivity contribution in [2.45, 2.75) is 25.0 Å². The molecule has 34 heavy (non-hydrogen) atoms. The second-order valence-corrected chi connectivity index (χ2v) is 8.89. The van der Waals surface area contributed by atoms with Crippen LogP contribution in [0, 0.1) is 23.0 Å². The first kappa shape index (κ1) is 24.0. The Bertz CT molecular complexity index is 1290. The molecule has 6 nitrogen and oxygen atoms in total. The summed E-state index contributed by atoms with van der Waals surface area (Å²) in [5.74, 6) is -1.69. The Morgan fingerprint density at radius 3 is 2.68 bits per heavy atom. The van der Waals surface area contributed by atoms with Crippen molar-refractivity contribution in [3.05, 3.63) is 88.3 Å². The minimum absolute atomic E-state index is 0.111. The highest BCUT2D eigenvalue weighted by Gasteiger charge is 2.44. The highest BCUT2D eigenvalue weighted by Crippen LogP contribution is 2.44. The van der Waals surface area contributed by atoms with Gasteiger partial charge >= 0.3 is 0 Å². The molecule has 0 radical (unpaired) electrons. The average molecular weight is 500 g/mol. The minimum atomic E-state index is -1.29. The lowest BCUT2D eigenvalue weighted by molar-refractivity contribution is -0.0781. The molecule has 0 N–H and O–H groups in total. The van der Waals surface area contributed by atoms with Crippen LogP contribution in [0.5, 0.6) is 0 Å². The summed E-state index contributed by atoms with van der Waals surface area (Å²) in [5, 5.41) is 15.8. The van der Waals surface area contributed by atoms with Gasteiger partial charge in [-0.15, -0.1) is 22.9 Å². The van der Waals surface area contributed by atoms with Gasteiger partial charge in [-0.3, -0.25) is 0 Å². The summed E-state index contributed by atoms with van der Waals surface area (Å²) in [6.45, 7) is 2.13. The normalized spacial score (nSPS) is 13.9. The van der Waals surface area contributed by atoms with E-state index in [1.54, 1.807) is 16.8 Å². The molecule has 0 bridgehead atoms. The van der Waals surface area contributed by atoms with Crippen LogP contribution in [0.1, 0.15) is 29.0 Å². The first-order valence-electron chi connectivity index (χ1n) is 10.4. The summed E-state index contributed by atoms with van der Waals surface area (Å²) in [4.78, 5) is 8.78. The van der Waals surface area contributed by atoms with E-state index in [2.05, 4.69) is 16.2 Å². The average Bonchev–Trinajstić information content (AvgIpc) is 3.54. The number of nitriles is 1. The molecule has 0 saturated carbocycles. The summed E-state index contributed by atoms with van der Waals surface area (Å²) in [5.41, 5.74) is 1.02. The van der Waals surface area contributed by atoms with Crippen LogP contribution < -0.4 is 0 Å². The summed E-state index contributed by atoms with van der Waals surface area (Å²) in [6.07, 6.45) is 2.89. The van der Waals surface area contributed by atoms with Gasteiger partial charge in [0.05, 0.1) is 35.5 Å². The molecule has 2 aromatic carbocycles. The maximum absolute atomic E-state index is 15.2. The van der Waals surface area contributed by atoms with Crippen LogP contribution in [0.25, 0.3) is 11.3 Å². The number of ether oxygens (including phenoxy) is 1. The number of benzene rings is 2. The molecule has 0 aliphatic heterocycles. The van der Waals surface area contributed by atoms with Crippen molar-refractivity contribution in [3.63, 3.8) is 0 Å². The molecular weight excluding hydrogens is 480 g/mol. The monoisotopic (exact) mass is 499 g/mol. The smallest absolute Gasteiger partial charge is 0.137 e. The van der Waals surface area contributed by atoms with Gasteiger partial charge in [0.1, 0.15) is 29.9 Å². The number of hydrogen-bond acceptors (Lipinski definition) is 6. The largest absolute Gasteiger partial charge is 0.366 e. The van der Waals surface area contributed by atoms with Gasteiger partial charge in [-0.2, -0.15) is 10.4 Å². The lowest BCUT2D eigenvalue weighted by atomic mass is 9.81. The van der Waals surface area contributed by atoms with Crippen molar-refractivity contribution in [3.8, 4) is 17.3 Å². The van der Waals surface area contributed by atoms with Crippen molar-refractivity contribution in [2.24, 2.45) is 0 Å². The second kappa shape index (κ2) is 10.4. The molecule has 174 valence electrons. The standard InChI is InChI=1S/C24H20ClF2N5OS/c1-16(23-31-22(12-34-23)18-4-2-17(11-28)3-5-18)24(33-9-8-25,13-32-15-29-14-30-32)20-7-6-19(26)10-21(20)27/h2-7,10,12,14-16H,8-9,13H2,1H3/t16-,24+/m0/s1. The van der Waals surface area contributed by atoms with Crippen LogP contribution in [0.2, 0.25) is 0 Å². The first-order chi connectivity index (χ1) is 16.5. The Labute approximate surface area is 204 Å². The lowest BCUT2D eigenvalue weighted by Gasteiger charge is -2.38. The molecular formula is C24H20ClF2N5OS. The van der Waals surface area contributed by atoms with E-state index >= 15 is 4.39 Å². The van der Waals surface area contributed by atoms with E-state index in [0.717, 1.165) is 17.3 Å². The van der Waals surface area contributed by atoms with Gasteiger partial charge in [-0.25, -0.2) is 23.4 Å². The van der Waals surface area contributed by atoms with Crippen LogP contribution in [0.4, 0.5) is 8.78 Å². The molecule has 2 atom stereocenters. The van der Waals surface area contributed by atoms with E-state index in [9.17, 15) is 4.39 Å². The number of alkyl halides is 1. The van der Waals surface area contributed by atoms with E-state index in [1.165, 1.54) is 36.1 Å². The van der Waals surface area contributed by atoms with Crippen molar-refractivity contribution in [1.29, 1.82) is 5.26 Å². The Balaban J connectivity index is 1.80. The van der Waals surface area contributed by atoms with Gasteiger partial charge in [0.2, 0.25) is 0 Å². The predicted molar refractivity (Wildman–Crippen MR) is 125 cm³/mol. The third-order valence-corrected chi connectivity index (χ3v) is 6.77. The first-order valence-corrected chi connectivity index (χ1v) is 11.8. The molecule has 10 heteroatoms. The molecule has 0 unspecified atom stereocenters. The third-order valence-electron chi connectivity index (χ3n) is 5.59. The van der Waals surface area contributed by atoms with Crippen molar-refractivity contribution in [2.75, 3.05) is 12.5 Å². The zero-order chi connectivity index (χ0) is 24.1. The van der Waals surface area contributed by atoms with Gasteiger partial charge in [-0.05, 0) is 18.2 Å². The minimum Gasteiger partial charge on any atom is -0.366 e. The maximum atomic E-state index is 15.2. The van der Waals surface area contributed by atoms with E-state index in [0.29, 0.717) is 10.6 Å². The Kier molecular flexibility index (Phi) is 7.32. The molecule has 0 aliphatic carbocycles. The lowest BCUT2D eigenvalue weighted by Crippen LogP contribution is -2.41. The van der Waals surface area contributed by atoms with Gasteiger partial charge in [0.15, 0.2) is 0 Å². The van der Waals surface area contributed by atoms with Crippen molar-refractivity contribution < 1.29 is 13.5 Å². The number of hydrogen-bond donors (Lipinski definition) is 0. The van der Waals surface area contributed by atoms with E-state index < -0.39 is 23.2 Å². The molecule has 2 aromatic heterocycles. The van der Waals surface area contributed by atoms with Gasteiger partial charge in [0.25, 0.3) is 0 Å². The fraction of sp³-hybridized carbons (Fsp3) is 0.250. The number of halogens is 3. The predicted octanol–water partition coefficient (Wildman–Crippen LogP) is 5.51. The summed E-state index contributed by atoms with van der Waals surface area (Å²) in [7, 11) is 0.